The number of nitrogens with zero attached hydrogens (tertiary/aromatic N) is 3. The third-order valence-electron chi connectivity index (χ3n) is 7.50. The van der Waals surface area contributed by atoms with Crippen LogP contribution in [-0.4, -0.2) is 30.5 Å². The van der Waals surface area contributed by atoms with Gasteiger partial charge in [0.25, 0.3) is 11.8 Å². The molecular weight excluding hydrogens is 514 g/mol. The second kappa shape index (κ2) is 8.25. The maximum atomic E-state index is 14.6. The summed E-state index contributed by atoms with van der Waals surface area (Å²) in [6.45, 7) is 4.30. The second-order valence-corrected chi connectivity index (χ2v) is 10.8. The van der Waals surface area contributed by atoms with E-state index in [0.29, 0.717) is 51.6 Å². The number of fused-ring (bicyclic) bond motifs is 6. The lowest BCUT2D eigenvalue weighted by molar-refractivity contribution is -0.121. The van der Waals surface area contributed by atoms with Gasteiger partial charge in [-0.1, -0.05) is 48.1 Å². The summed E-state index contributed by atoms with van der Waals surface area (Å²) in [7, 11) is 1.58. The van der Waals surface area contributed by atoms with Gasteiger partial charge >= 0.3 is 0 Å². The minimum absolute atomic E-state index is 0.0403. The fourth-order valence-electron chi connectivity index (χ4n) is 5.84. The lowest BCUT2D eigenvalue weighted by Gasteiger charge is -2.32. The van der Waals surface area contributed by atoms with Gasteiger partial charge in [-0.3, -0.25) is 19.3 Å². The smallest absolute Gasteiger partial charge is 0.297 e. The molecule has 9 heteroatoms. The standard InChI is InChI=1S/C30H23N3O5S/c1-4-13-32-21-8-6-5-7-19(21)30(28(32)36)24-25(34)18-14-16(2)9-12-22(18)38-26(24)27(35)33(30)29-31-20-11-10-17(37-3)15-23(20)39-29/h5-12,14-15H,4,13H2,1-3H3. The molecule has 39 heavy (non-hydrogen) atoms. The molecule has 0 saturated heterocycles. The lowest BCUT2D eigenvalue weighted by Crippen LogP contribution is -2.53. The van der Waals surface area contributed by atoms with Crippen molar-refractivity contribution in [2.45, 2.75) is 25.8 Å². The van der Waals surface area contributed by atoms with Crippen molar-refractivity contribution in [3.8, 4) is 5.75 Å². The van der Waals surface area contributed by atoms with Crippen LogP contribution in [0.3, 0.4) is 0 Å². The summed E-state index contributed by atoms with van der Waals surface area (Å²) in [6, 6.07) is 18.0. The molecular formula is C30H23N3O5S. The van der Waals surface area contributed by atoms with Crippen molar-refractivity contribution in [2.24, 2.45) is 0 Å². The summed E-state index contributed by atoms with van der Waals surface area (Å²) >= 11 is 1.26. The van der Waals surface area contributed by atoms with E-state index in [-0.39, 0.29) is 17.2 Å². The summed E-state index contributed by atoms with van der Waals surface area (Å²) in [4.78, 5) is 51.1. The van der Waals surface area contributed by atoms with Gasteiger partial charge in [-0.25, -0.2) is 4.98 Å². The van der Waals surface area contributed by atoms with Gasteiger partial charge in [-0.05, 0) is 49.7 Å². The van der Waals surface area contributed by atoms with E-state index in [0.717, 1.165) is 10.3 Å². The van der Waals surface area contributed by atoms with Gasteiger partial charge in [0.15, 0.2) is 16.1 Å². The number of hydrogen-bond donors (Lipinski definition) is 0. The summed E-state index contributed by atoms with van der Waals surface area (Å²) in [5.74, 6) is -0.418. The molecule has 1 spiro atoms. The molecule has 7 rings (SSSR count). The molecule has 1 atom stereocenters. The van der Waals surface area contributed by atoms with E-state index in [1.165, 1.54) is 16.2 Å². The molecule has 2 aliphatic rings. The topological polar surface area (TPSA) is 93.0 Å². The predicted octanol–water partition coefficient (Wildman–Crippen LogP) is 5.38. The average molecular weight is 538 g/mol. The average Bonchev–Trinajstić information content (AvgIpc) is 3.55. The monoisotopic (exact) mass is 537 g/mol. The molecule has 3 aromatic carbocycles. The maximum absolute atomic E-state index is 14.6. The number of amides is 2. The van der Waals surface area contributed by atoms with Crippen LogP contribution in [0.25, 0.3) is 21.2 Å². The van der Waals surface area contributed by atoms with Crippen LogP contribution in [0.5, 0.6) is 5.75 Å². The van der Waals surface area contributed by atoms with Crippen molar-refractivity contribution in [2.75, 3.05) is 23.5 Å². The molecule has 8 nitrogen and oxygen atoms in total. The van der Waals surface area contributed by atoms with E-state index in [1.807, 2.05) is 56.3 Å². The number of para-hydroxylation sites is 1. The van der Waals surface area contributed by atoms with E-state index in [2.05, 4.69) is 0 Å². The molecule has 0 radical (unpaired) electrons. The SMILES string of the molecule is CCCN1C(=O)C2(c3ccccc31)c1c(oc3ccc(C)cc3c1=O)C(=O)N2c1nc2ccc(OC)cc2s1. The first-order valence-electron chi connectivity index (χ1n) is 12.7. The first-order chi connectivity index (χ1) is 18.9. The molecule has 2 aromatic heterocycles. The van der Waals surface area contributed by atoms with Gasteiger partial charge in [0.1, 0.15) is 11.3 Å². The number of aromatic nitrogens is 1. The van der Waals surface area contributed by atoms with Crippen LogP contribution in [0.1, 0.15) is 40.6 Å². The number of anilines is 2. The fraction of sp³-hybridized carbons (Fsp3) is 0.200. The van der Waals surface area contributed by atoms with Gasteiger partial charge in [0.2, 0.25) is 5.76 Å². The number of hydrogen-bond acceptors (Lipinski definition) is 7. The number of rotatable bonds is 4. The van der Waals surface area contributed by atoms with E-state index >= 15 is 0 Å². The van der Waals surface area contributed by atoms with Gasteiger partial charge in [-0.15, -0.1) is 0 Å². The number of aryl methyl sites for hydroxylation is 1. The van der Waals surface area contributed by atoms with Crippen LogP contribution in [0, 0.1) is 6.92 Å². The first kappa shape index (κ1) is 23.6. The van der Waals surface area contributed by atoms with Crippen molar-refractivity contribution in [3.05, 3.63) is 93.3 Å². The number of carbonyl (C=O) groups is 2. The minimum atomic E-state index is -1.74. The van der Waals surface area contributed by atoms with Crippen LogP contribution in [0.2, 0.25) is 0 Å². The Morgan fingerprint density at radius 3 is 2.67 bits per heavy atom. The Balaban J connectivity index is 1.60. The third-order valence-corrected chi connectivity index (χ3v) is 8.51. The largest absolute Gasteiger partial charge is 0.497 e. The van der Waals surface area contributed by atoms with Gasteiger partial charge < -0.3 is 14.1 Å². The van der Waals surface area contributed by atoms with Crippen molar-refractivity contribution >= 4 is 55.2 Å². The number of carbonyl (C=O) groups excluding carboxylic acids is 2. The van der Waals surface area contributed by atoms with Crippen LogP contribution in [-0.2, 0) is 10.3 Å². The zero-order valence-electron chi connectivity index (χ0n) is 21.5. The van der Waals surface area contributed by atoms with Crippen molar-refractivity contribution < 1.29 is 18.7 Å². The van der Waals surface area contributed by atoms with E-state index in [9.17, 15) is 14.4 Å². The number of benzene rings is 3. The predicted molar refractivity (Wildman–Crippen MR) is 150 cm³/mol. The summed E-state index contributed by atoms with van der Waals surface area (Å²) in [6.07, 6.45) is 0.698. The Morgan fingerprint density at radius 2 is 1.87 bits per heavy atom. The fourth-order valence-corrected chi connectivity index (χ4v) is 6.88. The normalized spacial score (nSPS) is 18.0. The van der Waals surface area contributed by atoms with E-state index in [4.69, 9.17) is 14.1 Å². The summed E-state index contributed by atoms with van der Waals surface area (Å²) in [5, 5.41) is 0.631. The second-order valence-electron chi connectivity index (χ2n) is 9.79. The van der Waals surface area contributed by atoms with Crippen LogP contribution < -0.4 is 20.0 Å². The number of ether oxygens (including phenoxy) is 1. The Hall–Kier alpha value is -4.50. The zero-order chi connectivity index (χ0) is 27.1. The molecule has 0 fully saturated rings. The molecule has 0 bridgehead atoms. The molecule has 2 amide bonds. The Kier molecular flexibility index (Phi) is 4.99. The highest BCUT2D eigenvalue weighted by molar-refractivity contribution is 7.22. The van der Waals surface area contributed by atoms with Gasteiger partial charge in [0.05, 0.1) is 34.0 Å². The van der Waals surface area contributed by atoms with Crippen molar-refractivity contribution in [1.82, 2.24) is 4.98 Å². The highest BCUT2D eigenvalue weighted by atomic mass is 32.1. The van der Waals surface area contributed by atoms with Crippen LogP contribution in [0.4, 0.5) is 10.8 Å². The molecule has 0 N–H and O–H groups in total. The lowest BCUT2D eigenvalue weighted by atomic mass is 9.84. The molecule has 2 aliphatic heterocycles. The molecule has 0 aliphatic carbocycles. The van der Waals surface area contributed by atoms with Gasteiger partial charge in [-0.2, -0.15) is 0 Å². The van der Waals surface area contributed by atoms with Crippen molar-refractivity contribution in [3.63, 3.8) is 0 Å². The Bertz CT molecular complexity index is 1930. The zero-order valence-corrected chi connectivity index (χ0v) is 22.3. The number of thiazole rings is 1. The third kappa shape index (κ3) is 2.99. The Labute approximate surface area is 227 Å². The Morgan fingerprint density at radius 1 is 1.05 bits per heavy atom. The molecule has 5 aromatic rings. The number of methoxy groups -OCH3 is 1. The van der Waals surface area contributed by atoms with Gasteiger partial charge in [0, 0.05) is 12.1 Å². The molecule has 194 valence electrons. The highest BCUT2D eigenvalue weighted by Gasteiger charge is 2.66. The highest BCUT2D eigenvalue weighted by Crippen LogP contribution is 2.54. The van der Waals surface area contributed by atoms with E-state index in [1.54, 1.807) is 30.2 Å². The summed E-state index contributed by atoms with van der Waals surface area (Å²) in [5.41, 5.74) is 0.957. The van der Waals surface area contributed by atoms with Crippen LogP contribution in [0.15, 0.2) is 69.9 Å². The van der Waals surface area contributed by atoms with E-state index < -0.39 is 16.9 Å². The first-order valence-corrected chi connectivity index (χ1v) is 13.5. The summed E-state index contributed by atoms with van der Waals surface area (Å²) < 4.78 is 12.3. The minimum Gasteiger partial charge on any atom is -0.497 e. The van der Waals surface area contributed by atoms with Crippen molar-refractivity contribution in [1.29, 1.82) is 0 Å². The van der Waals surface area contributed by atoms with Crippen LogP contribution >= 0.6 is 11.3 Å². The molecule has 1 unspecified atom stereocenters. The maximum Gasteiger partial charge on any atom is 0.297 e. The quantitative estimate of drug-likeness (QED) is 0.306. The molecule has 0 saturated carbocycles. The molecule has 4 heterocycles.